The quantitative estimate of drug-likeness (QED) is 0.422. The van der Waals surface area contributed by atoms with Crippen molar-refractivity contribution in [2.24, 2.45) is 0 Å². The second-order valence-electron chi connectivity index (χ2n) is 7.29. The summed E-state index contributed by atoms with van der Waals surface area (Å²) >= 11 is 4.85. The Morgan fingerprint density at radius 2 is 1.78 bits per heavy atom. The number of hydrogen-bond acceptors (Lipinski definition) is 6. The predicted molar refractivity (Wildman–Crippen MR) is 123 cm³/mol. The average molecular weight is 526 g/mol. The fourth-order valence-corrected chi connectivity index (χ4v) is 4.75. The van der Waals surface area contributed by atoms with E-state index in [1.54, 1.807) is 29.2 Å². The van der Waals surface area contributed by atoms with E-state index in [1.807, 2.05) is 11.4 Å². The molecule has 2 N–H and O–H groups in total. The van der Waals surface area contributed by atoms with Gasteiger partial charge in [-0.2, -0.15) is 18.2 Å². The van der Waals surface area contributed by atoms with Crippen LogP contribution < -0.4 is 15.5 Å². The van der Waals surface area contributed by atoms with Crippen molar-refractivity contribution in [2.75, 3.05) is 28.6 Å². The van der Waals surface area contributed by atoms with E-state index in [0.29, 0.717) is 24.5 Å². The van der Waals surface area contributed by atoms with Gasteiger partial charge in [-0.1, -0.05) is 0 Å². The maximum atomic E-state index is 13.3. The molecular weight excluding hydrogens is 507 g/mol. The normalized spacial score (nSPS) is 13.9. The maximum Gasteiger partial charge on any atom is 0.433 e. The number of rotatable bonds is 6. The van der Waals surface area contributed by atoms with E-state index < -0.39 is 11.9 Å². The van der Waals surface area contributed by atoms with Crippen molar-refractivity contribution in [3.8, 4) is 0 Å². The molecule has 0 radical (unpaired) electrons. The highest BCUT2D eigenvalue weighted by molar-refractivity contribution is 9.10. The molecule has 6 nitrogen and oxygen atoms in total. The zero-order chi connectivity index (χ0) is 22.7. The fourth-order valence-electron chi connectivity index (χ4n) is 3.30. The summed E-state index contributed by atoms with van der Waals surface area (Å²) < 4.78 is 40.9. The van der Waals surface area contributed by atoms with Gasteiger partial charge >= 0.3 is 6.18 Å². The van der Waals surface area contributed by atoms with Gasteiger partial charge in [0, 0.05) is 45.3 Å². The minimum Gasteiger partial charge on any atom is -0.341 e. The Labute approximate surface area is 195 Å². The highest BCUT2D eigenvalue weighted by Crippen LogP contribution is 2.32. The Bertz CT molecular complexity index is 1100. The zero-order valence-electron chi connectivity index (χ0n) is 16.7. The number of carbonyl (C=O) groups is 1. The second-order valence-corrected chi connectivity index (χ2v) is 9.20. The molecule has 2 aromatic heterocycles. The minimum atomic E-state index is -4.57. The average Bonchev–Trinajstić information content (AvgIpc) is 3.41. The number of nitrogens with one attached hydrogen (secondary N) is 2. The molecule has 1 amide bonds. The summed E-state index contributed by atoms with van der Waals surface area (Å²) in [7, 11) is 0. The van der Waals surface area contributed by atoms with Crippen LogP contribution in [0.2, 0.25) is 0 Å². The molecule has 3 heterocycles. The third kappa shape index (κ3) is 5.77. The van der Waals surface area contributed by atoms with E-state index in [-0.39, 0.29) is 24.1 Å². The standard InChI is InChI=1S/C21H19BrF3N5OS/c22-13-9-16(32-12-13)10-19(31)27-15-5-3-14(4-6-15)26-18-11-17(21(23,24)25)28-20(29-18)30-7-1-2-8-30/h3-6,9,11-12H,1-2,7-8,10H2,(H,27,31)(H,26,28,29). The van der Waals surface area contributed by atoms with Crippen molar-refractivity contribution >= 4 is 56.3 Å². The van der Waals surface area contributed by atoms with Crippen LogP contribution in [0.3, 0.4) is 0 Å². The molecule has 32 heavy (non-hydrogen) atoms. The topological polar surface area (TPSA) is 70.2 Å². The summed E-state index contributed by atoms with van der Waals surface area (Å²) in [5.74, 6) is -0.0147. The third-order valence-corrected chi connectivity index (χ3v) is 6.49. The van der Waals surface area contributed by atoms with Crippen LogP contribution in [0.25, 0.3) is 0 Å². The first-order valence-electron chi connectivity index (χ1n) is 9.87. The summed E-state index contributed by atoms with van der Waals surface area (Å²) in [5, 5.41) is 7.63. The molecule has 0 saturated carbocycles. The molecular formula is C21H19BrF3N5OS. The lowest BCUT2D eigenvalue weighted by atomic mass is 10.2. The number of aromatic nitrogens is 2. The van der Waals surface area contributed by atoms with Gasteiger partial charge in [0.2, 0.25) is 11.9 Å². The van der Waals surface area contributed by atoms with E-state index in [1.165, 1.54) is 11.3 Å². The van der Waals surface area contributed by atoms with Gasteiger partial charge in [-0.25, -0.2) is 4.98 Å². The predicted octanol–water partition coefficient (Wildman–Crippen LogP) is 5.84. The first-order valence-corrected chi connectivity index (χ1v) is 11.5. The number of benzene rings is 1. The minimum absolute atomic E-state index is 0.0642. The Kier molecular flexibility index (Phi) is 6.66. The molecule has 0 unspecified atom stereocenters. The number of anilines is 4. The first-order chi connectivity index (χ1) is 15.3. The van der Waals surface area contributed by atoms with Crippen LogP contribution in [0.15, 0.2) is 46.3 Å². The van der Waals surface area contributed by atoms with E-state index >= 15 is 0 Å². The van der Waals surface area contributed by atoms with Crippen molar-refractivity contribution in [1.29, 1.82) is 0 Å². The van der Waals surface area contributed by atoms with Crippen molar-refractivity contribution < 1.29 is 18.0 Å². The van der Waals surface area contributed by atoms with Gasteiger partial charge in [-0.05, 0) is 59.1 Å². The van der Waals surface area contributed by atoms with Crippen LogP contribution in [0.5, 0.6) is 0 Å². The molecule has 0 aliphatic carbocycles. The molecule has 0 spiro atoms. The number of nitrogens with zero attached hydrogens (tertiary/aromatic N) is 3. The monoisotopic (exact) mass is 525 g/mol. The lowest BCUT2D eigenvalue weighted by Crippen LogP contribution is -2.22. The van der Waals surface area contributed by atoms with Crippen LogP contribution in [0, 0.1) is 0 Å². The van der Waals surface area contributed by atoms with Gasteiger partial charge in [0.25, 0.3) is 0 Å². The second kappa shape index (κ2) is 9.45. The Balaban J connectivity index is 1.45. The van der Waals surface area contributed by atoms with Gasteiger partial charge in [0.05, 0.1) is 6.42 Å². The number of amides is 1. The summed E-state index contributed by atoms with van der Waals surface area (Å²) in [6, 6.07) is 9.49. The summed E-state index contributed by atoms with van der Waals surface area (Å²) in [4.78, 5) is 22.9. The van der Waals surface area contributed by atoms with Gasteiger partial charge < -0.3 is 15.5 Å². The van der Waals surface area contributed by atoms with Crippen molar-refractivity contribution in [3.63, 3.8) is 0 Å². The van der Waals surface area contributed by atoms with E-state index in [0.717, 1.165) is 28.3 Å². The molecule has 4 rings (SSSR count). The molecule has 0 atom stereocenters. The van der Waals surface area contributed by atoms with Crippen molar-refractivity contribution in [3.05, 3.63) is 56.8 Å². The van der Waals surface area contributed by atoms with Crippen molar-refractivity contribution in [1.82, 2.24) is 9.97 Å². The highest BCUT2D eigenvalue weighted by Gasteiger charge is 2.34. The largest absolute Gasteiger partial charge is 0.433 e. The fraction of sp³-hybridized carbons (Fsp3) is 0.286. The zero-order valence-corrected chi connectivity index (χ0v) is 19.1. The number of hydrogen-bond donors (Lipinski definition) is 2. The van der Waals surface area contributed by atoms with Crippen LogP contribution in [0.1, 0.15) is 23.4 Å². The number of alkyl halides is 3. The molecule has 0 bridgehead atoms. The van der Waals surface area contributed by atoms with Gasteiger partial charge in [0.15, 0.2) is 5.69 Å². The van der Waals surface area contributed by atoms with E-state index in [4.69, 9.17) is 0 Å². The van der Waals surface area contributed by atoms with E-state index in [9.17, 15) is 18.0 Å². The molecule has 3 aromatic rings. The van der Waals surface area contributed by atoms with Gasteiger partial charge in [-0.3, -0.25) is 4.79 Å². The lowest BCUT2D eigenvalue weighted by molar-refractivity contribution is -0.141. The van der Waals surface area contributed by atoms with Gasteiger partial charge in [0.1, 0.15) is 5.82 Å². The number of carbonyl (C=O) groups excluding carboxylic acids is 1. The van der Waals surface area contributed by atoms with Crippen LogP contribution >= 0.6 is 27.3 Å². The molecule has 1 fully saturated rings. The van der Waals surface area contributed by atoms with Crippen molar-refractivity contribution in [2.45, 2.75) is 25.4 Å². The molecule has 1 saturated heterocycles. The molecule has 1 aromatic carbocycles. The summed E-state index contributed by atoms with van der Waals surface area (Å²) in [5.41, 5.74) is 0.151. The van der Waals surface area contributed by atoms with Crippen LogP contribution in [-0.4, -0.2) is 29.0 Å². The Hall–Kier alpha value is -2.66. The molecule has 168 valence electrons. The third-order valence-electron chi connectivity index (χ3n) is 4.79. The summed E-state index contributed by atoms with van der Waals surface area (Å²) in [6.07, 6.45) is -2.50. The summed E-state index contributed by atoms with van der Waals surface area (Å²) in [6.45, 7) is 1.27. The Morgan fingerprint density at radius 1 is 1.09 bits per heavy atom. The van der Waals surface area contributed by atoms with Crippen LogP contribution in [0.4, 0.5) is 36.3 Å². The van der Waals surface area contributed by atoms with Crippen LogP contribution in [-0.2, 0) is 17.4 Å². The van der Waals surface area contributed by atoms with Gasteiger partial charge in [-0.15, -0.1) is 11.3 Å². The Morgan fingerprint density at radius 3 is 2.41 bits per heavy atom. The maximum absolute atomic E-state index is 13.3. The van der Waals surface area contributed by atoms with E-state index in [2.05, 4.69) is 36.5 Å². The number of halogens is 4. The smallest absolute Gasteiger partial charge is 0.341 e. The first kappa shape index (κ1) is 22.5. The highest BCUT2D eigenvalue weighted by atomic mass is 79.9. The number of thiophene rings is 1. The molecule has 11 heteroatoms. The lowest BCUT2D eigenvalue weighted by Gasteiger charge is -2.18. The molecule has 1 aliphatic rings. The molecule has 1 aliphatic heterocycles. The SMILES string of the molecule is O=C(Cc1cc(Br)cs1)Nc1ccc(Nc2cc(C(F)(F)F)nc(N3CCCC3)n2)cc1.